The number of phenols is 1. The second-order valence-electron chi connectivity index (χ2n) is 3.97. The molecule has 0 amide bonds. The predicted molar refractivity (Wildman–Crippen MR) is 65.6 cm³/mol. The summed E-state index contributed by atoms with van der Waals surface area (Å²) in [7, 11) is -0.460. The van der Waals surface area contributed by atoms with Crippen molar-refractivity contribution in [3.05, 3.63) is 23.9 Å². The highest BCUT2D eigenvalue weighted by molar-refractivity contribution is 7.89. The molecule has 2 aromatic rings. The number of hydrogen-bond donors (Lipinski definition) is 2. The number of benzene rings is 1. The standard InChI is InChI=1S/C11H14N2O3S/c1-7-6-13(3)11-9(7)4-8(14)5-10(11)17(15,16)12-2/h4-6,12,14H,1-3H3. The molecule has 2 N–H and O–H groups in total. The number of nitrogens with one attached hydrogen (secondary N) is 1. The van der Waals surface area contributed by atoms with Crippen molar-refractivity contribution in [2.45, 2.75) is 11.8 Å². The molecule has 0 aliphatic rings. The maximum Gasteiger partial charge on any atom is 0.242 e. The largest absolute Gasteiger partial charge is 0.508 e. The lowest BCUT2D eigenvalue weighted by Gasteiger charge is -2.07. The van der Waals surface area contributed by atoms with Gasteiger partial charge in [0.2, 0.25) is 10.0 Å². The summed E-state index contributed by atoms with van der Waals surface area (Å²) in [6.07, 6.45) is 1.83. The van der Waals surface area contributed by atoms with E-state index in [1.165, 1.54) is 13.1 Å². The Hall–Kier alpha value is -1.53. The second-order valence-corrected chi connectivity index (χ2v) is 5.83. The quantitative estimate of drug-likeness (QED) is 0.843. The zero-order valence-electron chi connectivity index (χ0n) is 9.85. The molecule has 0 unspecified atom stereocenters. The number of aryl methyl sites for hydroxylation is 2. The second kappa shape index (κ2) is 3.75. The first-order chi connectivity index (χ1) is 7.86. The molecule has 0 radical (unpaired) electrons. The van der Waals surface area contributed by atoms with Crippen LogP contribution in [0.5, 0.6) is 5.75 Å². The highest BCUT2D eigenvalue weighted by Crippen LogP contribution is 2.30. The number of sulfonamides is 1. The highest BCUT2D eigenvalue weighted by atomic mass is 32.2. The molecule has 5 nitrogen and oxygen atoms in total. The van der Waals surface area contributed by atoms with Gasteiger partial charge in [-0.1, -0.05) is 0 Å². The van der Waals surface area contributed by atoms with Crippen molar-refractivity contribution in [1.82, 2.24) is 9.29 Å². The smallest absolute Gasteiger partial charge is 0.242 e. The maximum absolute atomic E-state index is 11.9. The van der Waals surface area contributed by atoms with Crippen molar-refractivity contribution < 1.29 is 13.5 Å². The molecule has 1 heterocycles. The molecule has 0 fully saturated rings. The van der Waals surface area contributed by atoms with E-state index in [2.05, 4.69) is 4.72 Å². The lowest BCUT2D eigenvalue weighted by atomic mass is 10.2. The minimum atomic E-state index is -3.59. The third-order valence-corrected chi connectivity index (χ3v) is 4.21. The van der Waals surface area contributed by atoms with Crippen LogP contribution in [-0.4, -0.2) is 25.1 Å². The molecule has 1 aromatic heterocycles. The zero-order valence-corrected chi connectivity index (χ0v) is 10.7. The molecule has 17 heavy (non-hydrogen) atoms. The van der Waals surface area contributed by atoms with Crippen LogP contribution in [-0.2, 0) is 17.1 Å². The Labute approximate surface area is 99.7 Å². The Bertz CT molecular complexity index is 686. The molecule has 0 atom stereocenters. The van der Waals surface area contributed by atoms with E-state index in [9.17, 15) is 13.5 Å². The Morgan fingerprint density at radius 2 is 2.00 bits per heavy atom. The summed E-state index contributed by atoms with van der Waals surface area (Å²) in [5.74, 6) is -0.0550. The topological polar surface area (TPSA) is 71.3 Å². The normalized spacial score (nSPS) is 12.2. The van der Waals surface area contributed by atoms with Crippen LogP contribution in [0.25, 0.3) is 10.9 Å². The molecular formula is C11H14N2O3S. The average molecular weight is 254 g/mol. The van der Waals surface area contributed by atoms with Crippen molar-refractivity contribution in [1.29, 1.82) is 0 Å². The highest BCUT2D eigenvalue weighted by Gasteiger charge is 2.20. The summed E-state index contributed by atoms with van der Waals surface area (Å²) < 4.78 is 27.8. The number of fused-ring (bicyclic) bond motifs is 1. The number of nitrogens with zero attached hydrogens (tertiary/aromatic N) is 1. The van der Waals surface area contributed by atoms with E-state index in [0.29, 0.717) is 5.52 Å². The van der Waals surface area contributed by atoms with Crippen LogP contribution >= 0.6 is 0 Å². The Morgan fingerprint density at radius 1 is 1.35 bits per heavy atom. The van der Waals surface area contributed by atoms with Gasteiger partial charge in [-0.05, 0) is 25.6 Å². The molecule has 0 saturated carbocycles. The van der Waals surface area contributed by atoms with E-state index in [0.717, 1.165) is 10.9 Å². The van der Waals surface area contributed by atoms with Gasteiger partial charge in [-0.25, -0.2) is 13.1 Å². The maximum atomic E-state index is 11.9. The minimum absolute atomic E-state index is 0.0550. The van der Waals surface area contributed by atoms with Crippen molar-refractivity contribution in [2.24, 2.45) is 7.05 Å². The molecule has 6 heteroatoms. The summed E-state index contributed by atoms with van der Waals surface area (Å²) >= 11 is 0. The van der Waals surface area contributed by atoms with E-state index >= 15 is 0 Å². The number of phenolic OH excluding ortho intramolecular Hbond substituents is 1. The third-order valence-electron chi connectivity index (χ3n) is 2.78. The first-order valence-corrected chi connectivity index (χ1v) is 6.57. The summed E-state index contributed by atoms with van der Waals surface area (Å²) in [4.78, 5) is 0.0885. The van der Waals surface area contributed by atoms with Crippen LogP contribution in [0.1, 0.15) is 5.56 Å². The summed E-state index contributed by atoms with van der Waals surface area (Å²) in [6.45, 7) is 1.87. The van der Waals surface area contributed by atoms with Gasteiger partial charge in [-0.3, -0.25) is 0 Å². The number of rotatable bonds is 2. The van der Waals surface area contributed by atoms with Crippen molar-refractivity contribution >= 4 is 20.9 Å². The molecule has 2 rings (SSSR count). The number of aromatic hydroxyl groups is 1. The first kappa shape index (κ1) is 11.9. The van der Waals surface area contributed by atoms with Gasteiger partial charge in [-0.2, -0.15) is 0 Å². The van der Waals surface area contributed by atoms with Crippen LogP contribution < -0.4 is 4.72 Å². The fraction of sp³-hybridized carbons (Fsp3) is 0.273. The molecule has 1 aromatic carbocycles. The van der Waals surface area contributed by atoms with Gasteiger partial charge in [-0.15, -0.1) is 0 Å². The van der Waals surface area contributed by atoms with Crippen LogP contribution in [0.2, 0.25) is 0 Å². The fourth-order valence-electron chi connectivity index (χ4n) is 2.00. The Kier molecular flexibility index (Phi) is 2.63. The Morgan fingerprint density at radius 3 is 2.59 bits per heavy atom. The van der Waals surface area contributed by atoms with Crippen molar-refractivity contribution in [3.63, 3.8) is 0 Å². The molecule has 92 valence electrons. The average Bonchev–Trinajstić information content (AvgIpc) is 2.53. The van der Waals surface area contributed by atoms with Crippen LogP contribution in [0.4, 0.5) is 0 Å². The van der Waals surface area contributed by atoms with E-state index < -0.39 is 10.0 Å². The van der Waals surface area contributed by atoms with Crippen molar-refractivity contribution in [3.8, 4) is 5.75 Å². The molecule has 0 spiro atoms. The number of hydrogen-bond acceptors (Lipinski definition) is 3. The minimum Gasteiger partial charge on any atom is -0.508 e. The van der Waals surface area contributed by atoms with E-state index in [4.69, 9.17) is 0 Å². The SMILES string of the molecule is CNS(=O)(=O)c1cc(O)cc2c(C)cn(C)c12. The van der Waals surface area contributed by atoms with Gasteiger partial charge >= 0.3 is 0 Å². The van der Waals surface area contributed by atoms with Gasteiger partial charge < -0.3 is 9.67 Å². The Balaban J connectivity index is 2.98. The van der Waals surface area contributed by atoms with E-state index in [-0.39, 0.29) is 10.6 Å². The molecule has 0 saturated heterocycles. The summed E-state index contributed by atoms with van der Waals surface area (Å²) in [5, 5.41) is 10.3. The summed E-state index contributed by atoms with van der Waals surface area (Å²) in [6, 6.07) is 2.83. The summed E-state index contributed by atoms with van der Waals surface area (Å²) in [5.41, 5.74) is 1.51. The number of aromatic nitrogens is 1. The predicted octanol–water partition coefficient (Wildman–Crippen LogP) is 1.10. The van der Waals surface area contributed by atoms with Gasteiger partial charge in [0.05, 0.1) is 5.52 Å². The van der Waals surface area contributed by atoms with Gasteiger partial charge in [0.25, 0.3) is 0 Å². The molecule has 0 aliphatic heterocycles. The van der Waals surface area contributed by atoms with Gasteiger partial charge in [0.1, 0.15) is 10.6 Å². The molecular weight excluding hydrogens is 240 g/mol. The van der Waals surface area contributed by atoms with Gasteiger partial charge in [0, 0.05) is 24.7 Å². The van der Waals surface area contributed by atoms with E-state index in [1.54, 1.807) is 17.7 Å². The third kappa shape index (κ3) is 1.79. The first-order valence-electron chi connectivity index (χ1n) is 5.09. The zero-order chi connectivity index (χ0) is 12.8. The van der Waals surface area contributed by atoms with Crippen LogP contribution in [0.15, 0.2) is 23.2 Å². The van der Waals surface area contributed by atoms with Gasteiger partial charge in [0.15, 0.2) is 0 Å². The lowest BCUT2D eigenvalue weighted by Crippen LogP contribution is -2.19. The fourth-order valence-corrected chi connectivity index (χ4v) is 3.00. The van der Waals surface area contributed by atoms with Crippen molar-refractivity contribution in [2.75, 3.05) is 7.05 Å². The lowest BCUT2D eigenvalue weighted by molar-refractivity contribution is 0.474. The van der Waals surface area contributed by atoms with Crippen LogP contribution in [0, 0.1) is 6.92 Å². The van der Waals surface area contributed by atoms with Crippen LogP contribution in [0.3, 0.4) is 0 Å². The molecule has 0 bridgehead atoms. The monoisotopic (exact) mass is 254 g/mol. The molecule has 0 aliphatic carbocycles. The van der Waals surface area contributed by atoms with E-state index in [1.807, 2.05) is 13.1 Å².